The molecule has 2 amide bonds. The number of likely N-dealkylation sites (N-methyl/N-ethyl adjacent to an activating group) is 1. The van der Waals surface area contributed by atoms with E-state index in [1.54, 1.807) is 6.92 Å². The zero-order chi connectivity index (χ0) is 25.5. The monoisotopic (exact) mass is 504 g/mol. The molecular weight excluding hydrogens is 477 g/mol. The summed E-state index contributed by atoms with van der Waals surface area (Å²) in [6.45, 7) is 3.51. The Morgan fingerprint density at radius 3 is 2.66 bits per heavy atom. The quantitative estimate of drug-likeness (QED) is 0.241. The lowest BCUT2D eigenvalue weighted by atomic mass is 10.1. The van der Waals surface area contributed by atoms with E-state index in [1.165, 1.54) is 30.1 Å². The number of halogens is 2. The Hall–Kier alpha value is -3.52. The van der Waals surface area contributed by atoms with Gasteiger partial charge in [-0.05, 0) is 36.6 Å². The van der Waals surface area contributed by atoms with Gasteiger partial charge in [-0.2, -0.15) is 0 Å². The summed E-state index contributed by atoms with van der Waals surface area (Å²) in [5, 5.41) is 2.68. The number of hydrogen-bond acceptors (Lipinski definition) is 5. The maximum Gasteiger partial charge on any atom is 0.481 e. The highest BCUT2D eigenvalue weighted by Crippen LogP contribution is 2.43. The second kappa shape index (κ2) is 11.8. The number of aliphatic imine (C=N–C) groups is 1. The first-order valence-electron chi connectivity index (χ1n) is 10.9. The smallest absolute Gasteiger partial charge is 0.481 e. The average molecular weight is 504 g/mol. The molecule has 0 fully saturated rings. The van der Waals surface area contributed by atoms with Gasteiger partial charge in [0.2, 0.25) is 0 Å². The van der Waals surface area contributed by atoms with Crippen LogP contribution < -0.4 is 25.2 Å². The van der Waals surface area contributed by atoms with Gasteiger partial charge in [-0.1, -0.05) is 37.3 Å². The van der Waals surface area contributed by atoms with Crippen LogP contribution in [0, 0.1) is 0 Å². The number of amidine groups is 1. The number of anilines is 1. The highest BCUT2D eigenvalue weighted by atomic mass is 31.2. The van der Waals surface area contributed by atoms with E-state index < -0.39 is 26.6 Å². The molecule has 0 spiro atoms. The van der Waals surface area contributed by atoms with Gasteiger partial charge in [0, 0.05) is 19.5 Å². The van der Waals surface area contributed by atoms with Gasteiger partial charge in [0.15, 0.2) is 0 Å². The fraction of sp³-hybridized carbons (Fsp3) is 0.292. The Bertz CT molecular complexity index is 1140. The molecule has 0 saturated heterocycles. The van der Waals surface area contributed by atoms with Crippen molar-refractivity contribution < 1.29 is 27.2 Å². The van der Waals surface area contributed by atoms with E-state index in [4.69, 9.17) is 10.5 Å². The topological polar surface area (TPSA) is 106 Å². The first kappa shape index (κ1) is 26.1. The van der Waals surface area contributed by atoms with Crippen molar-refractivity contribution in [2.24, 2.45) is 10.7 Å². The predicted octanol–water partition coefficient (Wildman–Crippen LogP) is 4.36. The van der Waals surface area contributed by atoms with Gasteiger partial charge in [0.25, 0.3) is 11.8 Å². The van der Waals surface area contributed by atoms with Gasteiger partial charge in [-0.25, -0.2) is 4.99 Å². The van der Waals surface area contributed by atoms with Crippen molar-refractivity contribution in [2.75, 3.05) is 18.6 Å². The molecule has 2 aromatic carbocycles. The second-order valence-corrected chi connectivity index (χ2v) is 8.49. The van der Waals surface area contributed by atoms with Gasteiger partial charge in [0.05, 0.1) is 5.69 Å². The summed E-state index contributed by atoms with van der Waals surface area (Å²) in [7, 11) is -2.14. The number of nitrogens with two attached hydrogens (primary N) is 1. The third-order valence-electron chi connectivity index (χ3n) is 5.44. The van der Waals surface area contributed by atoms with Crippen LogP contribution in [-0.2, 0) is 16.0 Å². The number of amides is 2. The third kappa shape index (κ3) is 6.76. The maximum atomic E-state index is 13.2. The molecule has 0 aromatic heterocycles. The Morgan fingerprint density at radius 2 is 2.00 bits per heavy atom. The first-order valence-corrected chi connectivity index (χ1v) is 11.9. The highest BCUT2D eigenvalue weighted by Gasteiger charge is 2.32. The van der Waals surface area contributed by atoms with Crippen LogP contribution in [0.3, 0.4) is 0 Å². The van der Waals surface area contributed by atoms with Crippen molar-refractivity contribution in [3.8, 4) is 11.5 Å². The molecular formula is C24H27F2N4O4P. The summed E-state index contributed by atoms with van der Waals surface area (Å²) in [5.41, 5.74) is 8.16. The SMILES string of the molecule is CC/C(C)=C(/N=C(N)Cc1ccccc1)C(=O)N[C@H]1COc2ccc(OP(F)F)cc2N(C)C1=O. The lowest BCUT2D eigenvalue weighted by molar-refractivity contribution is -0.126. The van der Waals surface area contributed by atoms with Gasteiger partial charge in [-0.15, -0.1) is 8.39 Å². The van der Waals surface area contributed by atoms with Gasteiger partial charge in [-0.3, -0.25) is 9.59 Å². The van der Waals surface area contributed by atoms with Crippen LogP contribution in [0.5, 0.6) is 11.5 Å². The minimum atomic E-state index is -3.61. The number of nitrogens with one attached hydrogen (secondary N) is 1. The van der Waals surface area contributed by atoms with Gasteiger partial charge < -0.3 is 25.2 Å². The standard InChI is InChI=1S/C24H27F2N4O4P/c1-4-15(2)22(29-21(27)12-16-8-6-5-7-9-16)23(31)28-18-14-33-20-11-10-17(34-35(25)26)13-19(20)30(3)24(18)32/h5-11,13,18H,4,12,14H2,1-3H3,(H2,27,29)(H,28,31)/b22-15+/t18-/m0/s1. The number of allylic oxidation sites excluding steroid dienone is 1. The lowest BCUT2D eigenvalue weighted by Crippen LogP contribution is -2.49. The summed E-state index contributed by atoms with van der Waals surface area (Å²) in [4.78, 5) is 31.8. The molecule has 11 heteroatoms. The molecule has 1 aliphatic heterocycles. The molecule has 3 rings (SSSR count). The first-order chi connectivity index (χ1) is 16.7. The molecule has 8 nitrogen and oxygen atoms in total. The van der Waals surface area contributed by atoms with E-state index in [2.05, 4.69) is 14.8 Å². The Labute approximate surface area is 203 Å². The number of carbonyl (C=O) groups is 2. The molecule has 1 aliphatic rings. The van der Waals surface area contributed by atoms with Crippen molar-refractivity contribution in [2.45, 2.75) is 32.7 Å². The van der Waals surface area contributed by atoms with Crippen LogP contribution in [0.1, 0.15) is 25.8 Å². The fourth-order valence-electron chi connectivity index (χ4n) is 3.44. The molecule has 1 heterocycles. The zero-order valence-corrected chi connectivity index (χ0v) is 20.5. The molecule has 2 aromatic rings. The molecule has 0 unspecified atom stereocenters. The Morgan fingerprint density at radius 1 is 1.29 bits per heavy atom. The van der Waals surface area contributed by atoms with E-state index in [-0.39, 0.29) is 29.6 Å². The molecule has 0 radical (unpaired) electrons. The molecule has 1 atom stereocenters. The Balaban J connectivity index is 1.79. The van der Waals surface area contributed by atoms with E-state index >= 15 is 0 Å². The number of hydrogen-bond donors (Lipinski definition) is 2. The summed E-state index contributed by atoms with van der Waals surface area (Å²) in [6.07, 6.45) is 0.919. The largest absolute Gasteiger partial charge is 0.489 e. The number of ether oxygens (including phenoxy) is 1. The number of benzene rings is 2. The van der Waals surface area contributed by atoms with E-state index in [0.717, 1.165) is 5.56 Å². The number of rotatable bonds is 8. The summed E-state index contributed by atoms with van der Waals surface area (Å²) >= 11 is 0. The Kier molecular flexibility index (Phi) is 8.76. The second-order valence-electron chi connectivity index (χ2n) is 7.91. The molecule has 35 heavy (non-hydrogen) atoms. The van der Waals surface area contributed by atoms with Crippen molar-refractivity contribution in [3.05, 3.63) is 65.4 Å². The van der Waals surface area contributed by atoms with Gasteiger partial charge in [0.1, 0.15) is 35.7 Å². The van der Waals surface area contributed by atoms with Crippen LogP contribution >= 0.6 is 8.77 Å². The van der Waals surface area contributed by atoms with Crippen molar-refractivity contribution in [1.82, 2.24) is 5.32 Å². The van der Waals surface area contributed by atoms with Gasteiger partial charge >= 0.3 is 8.77 Å². The minimum Gasteiger partial charge on any atom is -0.489 e. The van der Waals surface area contributed by atoms with Crippen molar-refractivity contribution >= 4 is 32.1 Å². The fourth-order valence-corrected chi connectivity index (χ4v) is 3.71. The third-order valence-corrected chi connectivity index (χ3v) is 5.79. The molecule has 0 bridgehead atoms. The van der Waals surface area contributed by atoms with E-state index in [1.807, 2.05) is 37.3 Å². The maximum absolute atomic E-state index is 13.2. The molecule has 186 valence electrons. The average Bonchev–Trinajstić information content (AvgIpc) is 2.94. The van der Waals surface area contributed by atoms with Crippen LogP contribution in [0.15, 0.2) is 64.8 Å². The summed E-state index contributed by atoms with van der Waals surface area (Å²) < 4.78 is 35.5. The lowest BCUT2D eigenvalue weighted by Gasteiger charge is -2.21. The van der Waals surface area contributed by atoms with E-state index in [0.29, 0.717) is 24.2 Å². The van der Waals surface area contributed by atoms with Crippen LogP contribution in [0.25, 0.3) is 0 Å². The predicted molar refractivity (Wildman–Crippen MR) is 132 cm³/mol. The number of nitrogens with zero attached hydrogens (tertiary/aromatic N) is 2. The number of fused-ring (bicyclic) bond motifs is 1. The molecule has 0 saturated carbocycles. The van der Waals surface area contributed by atoms with Crippen LogP contribution in [-0.4, -0.2) is 37.3 Å². The van der Waals surface area contributed by atoms with Crippen molar-refractivity contribution in [1.29, 1.82) is 0 Å². The van der Waals surface area contributed by atoms with Crippen molar-refractivity contribution in [3.63, 3.8) is 0 Å². The summed E-state index contributed by atoms with van der Waals surface area (Å²) in [5.74, 6) is -0.566. The number of carbonyl (C=O) groups excluding carboxylic acids is 2. The molecule has 3 N–H and O–H groups in total. The summed E-state index contributed by atoms with van der Waals surface area (Å²) in [6, 6.07) is 12.5. The zero-order valence-electron chi connectivity index (χ0n) is 19.6. The van der Waals surface area contributed by atoms with E-state index in [9.17, 15) is 18.0 Å². The van der Waals surface area contributed by atoms with Crippen LogP contribution in [0.2, 0.25) is 0 Å². The molecule has 0 aliphatic carbocycles. The van der Waals surface area contributed by atoms with Crippen LogP contribution in [0.4, 0.5) is 14.1 Å². The highest BCUT2D eigenvalue weighted by molar-refractivity contribution is 7.41. The normalized spacial score (nSPS) is 16.7. The minimum absolute atomic E-state index is 0.0855.